The van der Waals surface area contributed by atoms with Gasteiger partial charge in [-0.3, -0.25) is 4.79 Å². The highest BCUT2D eigenvalue weighted by Crippen LogP contribution is 2.41. The molecule has 10 nitrogen and oxygen atoms in total. The third-order valence-corrected chi connectivity index (χ3v) is 8.50. The molecule has 1 atom stereocenters. The van der Waals surface area contributed by atoms with Gasteiger partial charge >= 0.3 is 12.1 Å². The number of alkyl halides is 3. The van der Waals surface area contributed by atoms with Gasteiger partial charge in [-0.05, 0) is 62.2 Å². The summed E-state index contributed by atoms with van der Waals surface area (Å²) < 4.78 is 57.2. The number of carboxylic acid groups (broad SMARTS) is 1. The van der Waals surface area contributed by atoms with Crippen molar-refractivity contribution in [2.45, 2.75) is 59.2 Å². The second-order valence-electron chi connectivity index (χ2n) is 11.9. The fourth-order valence-electron chi connectivity index (χ4n) is 5.89. The molecule has 1 fully saturated rings. The van der Waals surface area contributed by atoms with Gasteiger partial charge in [0.25, 0.3) is 0 Å². The van der Waals surface area contributed by atoms with Crippen molar-refractivity contribution in [3.63, 3.8) is 0 Å². The highest BCUT2D eigenvalue weighted by molar-refractivity contribution is 6.11. The Morgan fingerprint density at radius 2 is 1.56 bits per heavy atom. The third kappa shape index (κ3) is 9.59. The van der Waals surface area contributed by atoms with Crippen molar-refractivity contribution in [3.8, 4) is 22.6 Å². The van der Waals surface area contributed by atoms with Crippen LogP contribution in [0.25, 0.3) is 11.1 Å². The van der Waals surface area contributed by atoms with Gasteiger partial charge in [-0.2, -0.15) is 13.2 Å². The number of hydrogen-bond donors (Lipinski definition) is 1. The molecule has 2 N–H and O–H groups in total. The summed E-state index contributed by atoms with van der Waals surface area (Å²) in [5.41, 5.74) is 4.93. The molecule has 0 aliphatic carbocycles. The number of ether oxygens (including phenoxy) is 2. The lowest BCUT2D eigenvalue weighted by atomic mass is 9.81. The molecule has 14 heteroatoms. The number of hydrogen-bond acceptors (Lipinski definition) is 8. The van der Waals surface area contributed by atoms with Gasteiger partial charge in [-0.1, -0.05) is 36.3 Å². The maximum Gasteiger partial charge on any atom is 0.430 e. The molecule has 1 amide bonds. The van der Waals surface area contributed by atoms with E-state index in [9.17, 15) is 27.2 Å². The van der Waals surface area contributed by atoms with E-state index < -0.39 is 12.1 Å². The fraction of sp³-hybridized carbons (Fsp3) is 0.389. The van der Waals surface area contributed by atoms with Crippen LogP contribution in [0.4, 0.5) is 23.2 Å². The molecule has 0 saturated carbocycles. The van der Waals surface area contributed by atoms with Gasteiger partial charge in [-0.15, -0.1) is 0 Å². The normalized spacial score (nSPS) is 17.2. The fourth-order valence-corrected chi connectivity index (χ4v) is 5.89. The van der Waals surface area contributed by atoms with Gasteiger partial charge in [0, 0.05) is 41.6 Å². The Labute approximate surface area is 287 Å². The average molecular weight is 702 g/mol. The van der Waals surface area contributed by atoms with E-state index in [2.05, 4.69) is 17.4 Å². The average Bonchev–Trinajstić information content (AvgIpc) is 3.67. The molecule has 268 valence electrons. The first-order valence-electron chi connectivity index (χ1n) is 16.2. The Morgan fingerprint density at radius 3 is 2.06 bits per heavy atom. The van der Waals surface area contributed by atoms with Gasteiger partial charge < -0.3 is 34.4 Å². The standard InChI is InChI=1S/C34H38FN3O5.C2HF3O2/c1-4-34(20-31(39)38(22-34)27-13-9-24(10-14-27)28-19-32(40)43-37-28)15-16-36-21-23-17-29(41-5-2)33(30(18-23)42-6-3)25-7-11-26(35)12-8-25;3-2(4,5)1(6)7/h7-14,17-18,36H,4-6,15-16,19-22H2,1-3H3;(H,6,7). The Kier molecular flexibility index (Phi) is 12.6. The molecule has 0 spiro atoms. The summed E-state index contributed by atoms with van der Waals surface area (Å²) in [6.07, 6.45) is -2.70. The summed E-state index contributed by atoms with van der Waals surface area (Å²) >= 11 is 0. The van der Waals surface area contributed by atoms with Crippen molar-refractivity contribution in [2.75, 3.05) is 31.2 Å². The van der Waals surface area contributed by atoms with Crippen molar-refractivity contribution in [2.24, 2.45) is 10.6 Å². The lowest BCUT2D eigenvalue weighted by molar-refractivity contribution is -0.672. The first-order valence-corrected chi connectivity index (χ1v) is 16.2. The first kappa shape index (κ1) is 37.8. The van der Waals surface area contributed by atoms with Crippen LogP contribution in [0.1, 0.15) is 57.6 Å². The van der Waals surface area contributed by atoms with Gasteiger partial charge in [-0.25, -0.2) is 9.18 Å². The number of carbonyl (C=O) groups excluding carboxylic acids is 3. The van der Waals surface area contributed by atoms with E-state index in [0.29, 0.717) is 31.9 Å². The van der Waals surface area contributed by atoms with Crippen LogP contribution < -0.4 is 24.8 Å². The van der Waals surface area contributed by atoms with Crippen LogP contribution in [-0.4, -0.2) is 56.0 Å². The maximum atomic E-state index is 13.6. The monoisotopic (exact) mass is 701 g/mol. The van der Waals surface area contributed by atoms with Gasteiger partial charge in [0.15, 0.2) is 0 Å². The number of carbonyl (C=O) groups is 3. The molecule has 0 radical (unpaired) electrons. The Bertz CT molecular complexity index is 1670. The van der Waals surface area contributed by atoms with Crippen molar-refractivity contribution >= 4 is 29.2 Å². The lowest BCUT2D eigenvalue weighted by Crippen LogP contribution is -2.83. The van der Waals surface area contributed by atoms with Gasteiger partial charge in [0.2, 0.25) is 5.91 Å². The van der Waals surface area contributed by atoms with Crippen molar-refractivity contribution in [1.82, 2.24) is 0 Å². The number of benzene rings is 3. The molecule has 2 heterocycles. The minimum absolute atomic E-state index is 0.0958. The van der Waals surface area contributed by atoms with Crippen LogP contribution in [0.3, 0.4) is 0 Å². The molecule has 2 aliphatic heterocycles. The number of anilines is 1. The van der Waals surface area contributed by atoms with Gasteiger partial charge in [0.05, 0.1) is 37.5 Å². The summed E-state index contributed by atoms with van der Waals surface area (Å²) in [7, 11) is 0. The Balaban J connectivity index is 0.000000727. The van der Waals surface area contributed by atoms with E-state index in [-0.39, 0.29) is 29.5 Å². The third-order valence-electron chi connectivity index (χ3n) is 8.50. The highest BCUT2D eigenvalue weighted by atomic mass is 19.4. The van der Waals surface area contributed by atoms with Crippen molar-refractivity contribution in [1.29, 1.82) is 0 Å². The summed E-state index contributed by atoms with van der Waals surface area (Å²) in [6, 6.07) is 18.1. The number of nitrogens with two attached hydrogens (primary N) is 1. The zero-order chi connectivity index (χ0) is 36.5. The predicted octanol–water partition coefficient (Wildman–Crippen LogP) is 4.53. The molecule has 1 unspecified atom stereocenters. The first-order chi connectivity index (χ1) is 23.8. The minimum Gasteiger partial charge on any atom is -0.542 e. The number of amides is 1. The van der Waals surface area contributed by atoms with Crippen LogP contribution in [0.15, 0.2) is 65.8 Å². The quantitative estimate of drug-likeness (QED) is 0.157. The van der Waals surface area contributed by atoms with E-state index >= 15 is 0 Å². The molecule has 1 saturated heterocycles. The zero-order valence-electron chi connectivity index (χ0n) is 28.0. The highest BCUT2D eigenvalue weighted by Gasteiger charge is 2.42. The second kappa shape index (κ2) is 16.6. The summed E-state index contributed by atoms with van der Waals surface area (Å²) in [5, 5.41) is 14.9. The van der Waals surface area contributed by atoms with Crippen LogP contribution >= 0.6 is 0 Å². The smallest absolute Gasteiger partial charge is 0.430 e. The molecule has 0 bridgehead atoms. The van der Waals surface area contributed by atoms with E-state index in [4.69, 9.17) is 24.2 Å². The van der Waals surface area contributed by atoms with E-state index in [1.807, 2.05) is 55.1 Å². The molecular formula is C36H39F4N3O7. The van der Waals surface area contributed by atoms with E-state index in [1.54, 1.807) is 12.1 Å². The number of carboxylic acids is 1. The van der Waals surface area contributed by atoms with Crippen LogP contribution in [-0.2, 0) is 25.8 Å². The number of nitrogens with zero attached hydrogens (tertiary/aromatic N) is 2. The van der Waals surface area contributed by atoms with Crippen LogP contribution in [0.5, 0.6) is 11.5 Å². The molecule has 5 rings (SSSR count). The second-order valence-corrected chi connectivity index (χ2v) is 11.9. The number of aliphatic carboxylic acids is 1. The summed E-state index contributed by atoms with van der Waals surface area (Å²) in [6.45, 7) is 9.33. The predicted molar refractivity (Wildman–Crippen MR) is 174 cm³/mol. The SMILES string of the molecule is CCOc1cc(C[NH2+]CCC2(CC)CC(=O)N(c3ccc(C4=NOC(=O)C4)cc3)C2)cc(OCC)c1-c1ccc(F)cc1.O=C([O-])C(F)(F)F. The molecule has 50 heavy (non-hydrogen) atoms. The summed E-state index contributed by atoms with van der Waals surface area (Å²) in [5.74, 6) is -2.08. The topological polar surface area (TPSA) is 134 Å². The summed E-state index contributed by atoms with van der Waals surface area (Å²) in [4.78, 5) is 39.9. The Hall–Kier alpha value is -4.98. The lowest BCUT2D eigenvalue weighted by Gasteiger charge is -2.27. The molecular weight excluding hydrogens is 662 g/mol. The number of quaternary nitrogens is 1. The van der Waals surface area contributed by atoms with Crippen molar-refractivity contribution < 1.29 is 56.7 Å². The van der Waals surface area contributed by atoms with Crippen molar-refractivity contribution in [3.05, 3.63) is 77.6 Å². The number of halogens is 4. The van der Waals surface area contributed by atoms with E-state index in [1.165, 1.54) is 12.1 Å². The molecule has 2 aliphatic rings. The number of rotatable bonds is 13. The maximum absolute atomic E-state index is 13.6. The largest absolute Gasteiger partial charge is 0.542 e. The molecule has 3 aromatic carbocycles. The molecule has 0 aromatic heterocycles. The zero-order valence-corrected chi connectivity index (χ0v) is 28.0. The molecule has 3 aromatic rings. The Morgan fingerprint density at radius 1 is 0.980 bits per heavy atom. The minimum atomic E-state index is -5.19. The number of oxime groups is 1. The van der Waals surface area contributed by atoms with E-state index in [0.717, 1.165) is 65.4 Å². The van der Waals surface area contributed by atoms with Gasteiger partial charge in [0.1, 0.15) is 29.8 Å². The van der Waals surface area contributed by atoms with Crippen LogP contribution in [0.2, 0.25) is 0 Å². The van der Waals surface area contributed by atoms with Crippen LogP contribution in [0, 0.1) is 11.2 Å².